The van der Waals surface area contributed by atoms with Gasteiger partial charge in [0.15, 0.2) is 0 Å². The Morgan fingerprint density at radius 2 is 1.73 bits per heavy atom. The summed E-state index contributed by atoms with van der Waals surface area (Å²) >= 11 is 0. The second kappa shape index (κ2) is 5.86. The third kappa shape index (κ3) is 5.53. The summed E-state index contributed by atoms with van der Waals surface area (Å²) in [5.41, 5.74) is 0.405. The van der Waals surface area contributed by atoms with Crippen LogP contribution in [0.2, 0.25) is 0 Å². The van der Waals surface area contributed by atoms with E-state index in [9.17, 15) is 0 Å². The first-order chi connectivity index (χ1) is 7.01. The molecule has 0 aromatic carbocycles. The molecule has 0 radical (unpaired) electrons. The molecule has 1 fully saturated rings. The lowest BCUT2D eigenvalue weighted by molar-refractivity contribution is 0.0112. The van der Waals surface area contributed by atoms with Gasteiger partial charge in [-0.15, -0.1) is 0 Å². The highest BCUT2D eigenvalue weighted by Gasteiger charge is 2.20. The lowest BCUT2D eigenvalue weighted by Crippen LogP contribution is -2.33. The average molecular weight is 213 g/mol. The molecule has 0 saturated heterocycles. The summed E-state index contributed by atoms with van der Waals surface area (Å²) in [7, 11) is 2.06. The molecule has 1 aliphatic carbocycles. The fourth-order valence-corrected chi connectivity index (χ4v) is 2.05. The van der Waals surface area contributed by atoms with E-state index in [1.807, 2.05) is 0 Å². The molecule has 0 amide bonds. The first-order valence-corrected chi connectivity index (χ1v) is 6.30. The van der Waals surface area contributed by atoms with E-state index in [1.54, 1.807) is 0 Å². The maximum atomic E-state index is 5.92. The van der Waals surface area contributed by atoms with Gasteiger partial charge in [0.25, 0.3) is 0 Å². The second-order valence-electron chi connectivity index (χ2n) is 5.94. The van der Waals surface area contributed by atoms with Crippen molar-refractivity contribution >= 4 is 0 Å². The summed E-state index contributed by atoms with van der Waals surface area (Å²) in [6.45, 7) is 7.75. The Morgan fingerprint density at radius 1 is 1.13 bits per heavy atom. The molecule has 1 N–H and O–H groups in total. The first kappa shape index (κ1) is 13.0. The van der Waals surface area contributed by atoms with Gasteiger partial charge in [0, 0.05) is 12.6 Å². The first-order valence-electron chi connectivity index (χ1n) is 6.30. The Bertz CT molecular complexity index is 166. The van der Waals surface area contributed by atoms with Crippen molar-refractivity contribution in [3.8, 4) is 0 Å². The van der Waals surface area contributed by atoms with Crippen LogP contribution in [0.3, 0.4) is 0 Å². The molecular weight excluding hydrogens is 186 g/mol. The zero-order valence-corrected chi connectivity index (χ0v) is 10.8. The molecule has 0 aromatic heterocycles. The molecular formula is C13H27NO. The SMILES string of the molecule is CNC1CCC(OCCC(C)(C)C)CC1. The molecule has 0 atom stereocenters. The van der Waals surface area contributed by atoms with E-state index >= 15 is 0 Å². The van der Waals surface area contributed by atoms with Crippen molar-refractivity contribution in [2.45, 2.75) is 65.0 Å². The van der Waals surface area contributed by atoms with Crippen LogP contribution in [-0.2, 0) is 4.74 Å². The van der Waals surface area contributed by atoms with Crippen LogP contribution in [-0.4, -0.2) is 25.8 Å². The maximum Gasteiger partial charge on any atom is 0.0576 e. The van der Waals surface area contributed by atoms with Crippen molar-refractivity contribution in [1.29, 1.82) is 0 Å². The fourth-order valence-electron chi connectivity index (χ4n) is 2.05. The van der Waals surface area contributed by atoms with Crippen molar-refractivity contribution in [3.05, 3.63) is 0 Å². The Morgan fingerprint density at radius 3 is 2.20 bits per heavy atom. The van der Waals surface area contributed by atoms with Crippen LogP contribution in [0.25, 0.3) is 0 Å². The van der Waals surface area contributed by atoms with Crippen LogP contribution >= 0.6 is 0 Å². The Balaban J connectivity index is 2.09. The van der Waals surface area contributed by atoms with E-state index in [2.05, 4.69) is 33.1 Å². The van der Waals surface area contributed by atoms with Crippen LogP contribution in [0.4, 0.5) is 0 Å². The van der Waals surface area contributed by atoms with Crippen molar-refractivity contribution < 1.29 is 4.74 Å². The van der Waals surface area contributed by atoms with Crippen LogP contribution in [0.5, 0.6) is 0 Å². The maximum absolute atomic E-state index is 5.92. The minimum Gasteiger partial charge on any atom is -0.378 e. The van der Waals surface area contributed by atoms with Gasteiger partial charge in [-0.25, -0.2) is 0 Å². The molecule has 0 spiro atoms. The molecule has 0 heterocycles. The highest BCUT2D eigenvalue weighted by atomic mass is 16.5. The lowest BCUT2D eigenvalue weighted by Gasteiger charge is -2.29. The lowest BCUT2D eigenvalue weighted by atomic mass is 9.92. The Kier molecular flexibility index (Phi) is 5.07. The molecule has 1 rings (SSSR count). The van der Waals surface area contributed by atoms with Gasteiger partial charge in [0.1, 0.15) is 0 Å². The largest absolute Gasteiger partial charge is 0.378 e. The van der Waals surface area contributed by atoms with Gasteiger partial charge in [-0.05, 0) is 44.6 Å². The summed E-state index contributed by atoms with van der Waals surface area (Å²) in [5.74, 6) is 0. The number of ether oxygens (including phenoxy) is 1. The monoisotopic (exact) mass is 213 g/mol. The zero-order valence-electron chi connectivity index (χ0n) is 10.8. The van der Waals surface area contributed by atoms with E-state index < -0.39 is 0 Å². The minimum absolute atomic E-state index is 0.405. The molecule has 2 nitrogen and oxygen atoms in total. The van der Waals surface area contributed by atoms with Crippen molar-refractivity contribution in [2.75, 3.05) is 13.7 Å². The third-order valence-corrected chi connectivity index (χ3v) is 3.29. The summed E-state index contributed by atoms with van der Waals surface area (Å²) in [5, 5.41) is 3.35. The van der Waals surface area contributed by atoms with Crippen LogP contribution in [0, 0.1) is 5.41 Å². The van der Waals surface area contributed by atoms with E-state index in [0.29, 0.717) is 11.5 Å². The van der Waals surface area contributed by atoms with Crippen molar-refractivity contribution in [1.82, 2.24) is 5.32 Å². The quantitative estimate of drug-likeness (QED) is 0.775. The predicted molar refractivity (Wildman–Crippen MR) is 65.1 cm³/mol. The highest BCUT2D eigenvalue weighted by molar-refractivity contribution is 4.76. The minimum atomic E-state index is 0.405. The van der Waals surface area contributed by atoms with Crippen molar-refractivity contribution in [2.24, 2.45) is 5.41 Å². The van der Waals surface area contributed by atoms with Crippen LogP contribution in [0.15, 0.2) is 0 Å². The molecule has 0 unspecified atom stereocenters. The summed E-state index contributed by atoms with van der Waals surface area (Å²) < 4.78 is 5.92. The number of hydrogen-bond donors (Lipinski definition) is 1. The summed E-state index contributed by atoms with van der Waals surface area (Å²) in [6.07, 6.45) is 6.70. The molecule has 90 valence electrons. The van der Waals surface area contributed by atoms with E-state index in [-0.39, 0.29) is 0 Å². The van der Waals surface area contributed by atoms with E-state index in [0.717, 1.165) is 12.6 Å². The van der Waals surface area contributed by atoms with Crippen LogP contribution in [0.1, 0.15) is 52.9 Å². The smallest absolute Gasteiger partial charge is 0.0576 e. The van der Waals surface area contributed by atoms with Gasteiger partial charge < -0.3 is 10.1 Å². The van der Waals surface area contributed by atoms with Crippen molar-refractivity contribution in [3.63, 3.8) is 0 Å². The number of nitrogens with one attached hydrogen (secondary N) is 1. The third-order valence-electron chi connectivity index (χ3n) is 3.29. The molecule has 0 aromatic rings. The summed E-state index contributed by atoms with van der Waals surface area (Å²) in [6, 6.07) is 0.729. The highest BCUT2D eigenvalue weighted by Crippen LogP contribution is 2.23. The molecule has 0 aliphatic heterocycles. The Hall–Kier alpha value is -0.0800. The predicted octanol–water partition coefficient (Wildman–Crippen LogP) is 2.97. The van der Waals surface area contributed by atoms with Gasteiger partial charge in [-0.3, -0.25) is 0 Å². The van der Waals surface area contributed by atoms with Gasteiger partial charge in [-0.1, -0.05) is 20.8 Å². The zero-order chi connectivity index (χ0) is 11.3. The second-order valence-corrected chi connectivity index (χ2v) is 5.94. The standard InChI is InChI=1S/C13H27NO/c1-13(2,3)9-10-15-12-7-5-11(14-4)6-8-12/h11-12,14H,5-10H2,1-4H3. The molecule has 1 aliphatic rings. The van der Waals surface area contributed by atoms with E-state index in [1.165, 1.54) is 32.1 Å². The van der Waals surface area contributed by atoms with Crippen LogP contribution < -0.4 is 5.32 Å². The average Bonchev–Trinajstić information content (AvgIpc) is 2.17. The van der Waals surface area contributed by atoms with Gasteiger partial charge in [0.2, 0.25) is 0 Å². The fraction of sp³-hybridized carbons (Fsp3) is 1.00. The number of rotatable bonds is 4. The normalized spacial score (nSPS) is 28.0. The molecule has 15 heavy (non-hydrogen) atoms. The topological polar surface area (TPSA) is 21.3 Å². The van der Waals surface area contributed by atoms with Gasteiger partial charge in [-0.2, -0.15) is 0 Å². The summed E-state index contributed by atoms with van der Waals surface area (Å²) in [4.78, 5) is 0. The molecule has 0 bridgehead atoms. The molecule has 1 saturated carbocycles. The Labute approximate surface area is 94.8 Å². The van der Waals surface area contributed by atoms with Gasteiger partial charge >= 0.3 is 0 Å². The molecule has 2 heteroatoms. The van der Waals surface area contributed by atoms with E-state index in [4.69, 9.17) is 4.74 Å². The number of hydrogen-bond acceptors (Lipinski definition) is 2. The van der Waals surface area contributed by atoms with Gasteiger partial charge in [0.05, 0.1) is 6.10 Å².